The molecule has 0 N–H and O–H groups in total. The van der Waals surface area contributed by atoms with E-state index in [1.54, 1.807) is 12.1 Å². The van der Waals surface area contributed by atoms with E-state index in [1.807, 2.05) is 0 Å². The number of carbonyl (C=O) groups is 3. The van der Waals surface area contributed by atoms with Gasteiger partial charge in [0.25, 0.3) is 17.4 Å². The molecule has 7 heteroatoms. The van der Waals surface area contributed by atoms with Gasteiger partial charge in [-0.15, -0.1) is 0 Å². The molecule has 0 unspecified atom stereocenters. The van der Waals surface area contributed by atoms with E-state index in [9.17, 15) is 24.5 Å². The molecule has 0 bridgehead atoms. The number of amides is 2. The standard InChI is InChI=1S/C15H8N2O5/c18-13-9-5-1-3-7-11(9)16(15(13)20)14(19)10-6-2-4-8-12(10)17(21)22/h1-8H. The average Bonchev–Trinajstić information content (AvgIpc) is 2.79. The monoisotopic (exact) mass is 296 g/mol. The van der Waals surface area contributed by atoms with E-state index in [2.05, 4.69) is 0 Å². The van der Waals surface area contributed by atoms with Crippen molar-refractivity contribution in [1.29, 1.82) is 0 Å². The SMILES string of the molecule is O=C1C(=O)N(C(=O)c2ccccc2[N+](=O)[O-])c2ccccc21. The number of nitrogens with zero attached hydrogens (tertiary/aromatic N) is 2. The van der Waals surface area contributed by atoms with Crippen LogP contribution in [0.2, 0.25) is 0 Å². The number of benzene rings is 2. The smallest absolute Gasteiger partial charge is 0.283 e. The molecule has 7 nitrogen and oxygen atoms in total. The van der Waals surface area contributed by atoms with Crippen LogP contribution in [0.15, 0.2) is 48.5 Å². The molecule has 0 fully saturated rings. The van der Waals surface area contributed by atoms with Crippen LogP contribution in [0.4, 0.5) is 11.4 Å². The van der Waals surface area contributed by atoms with Crippen molar-refractivity contribution in [2.45, 2.75) is 0 Å². The van der Waals surface area contributed by atoms with Crippen molar-refractivity contribution < 1.29 is 19.3 Å². The summed E-state index contributed by atoms with van der Waals surface area (Å²) in [5, 5.41) is 11.0. The van der Waals surface area contributed by atoms with Crippen LogP contribution in [0.5, 0.6) is 0 Å². The number of hydrogen-bond donors (Lipinski definition) is 0. The maximum Gasteiger partial charge on any atom is 0.306 e. The lowest BCUT2D eigenvalue weighted by Crippen LogP contribution is -2.36. The molecular formula is C15H8N2O5. The molecule has 1 aliphatic heterocycles. The van der Waals surface area contributed by atoms with Crippen molar-refractivity contribution in [1.82, 2.24) is 0 Å². The van der Waals surface area contributed by atoms with Gasteiger partial charge < -0.3 is 0 Å². The van der Waals surface area contributed by atoms with Gasteiger partial charge in [-0.2, -0.15) is 0 Å². The van der Waals surface area contributed by atoms with Crippen LogP contribution in [0, 0.1) is 10.1 Å². The summed E-state index contributed by atoms with van der Waals surface area (Å²) in [6.07, 6.45) is 0. The lowest BCUT2D eigenvalue weighted by Gasteiger charge is -2.14. The Bertz CT molecular complexity index is 843. The average molecular weight is 296 g/mol. The molecule has 2 aromatic carbocycles. The summed E-state index contributed by atoms with van der Waals surface area (Å²) >= 11 is 0. The molecular weight excluding hydrogens is 288 g/mol. The summed E-state index contributed by atoms with van der Waals surface area (Å²) in [6, 6.07) is 11.3. The van der Waals surface area contributed by atoms with Gasteiger partial charge in [0.1, 0.15) is 5.56 Å². The lowest BCUT2D eigenvalue weighted by molar-refractivity contribution is -0.385. The lowest BCUT2D eigenvalue weighted by atomic mass is 10.1. The number of nitro groups is 1. The summed E-state index contributed by atoms with van der Waals surface area (Å²) in [4.78, 5) is 47.5. The molecule has 3 rings (SSSR count). The topological polar surface area (TPSA) is 97.6 Å². The van der Waals surface area contributed by atoms with Crippen LogP contribution < -0.4 is 4.90 Å². The van der Waals surface area contributed by atoms with Crippen molar-refractivity contribution in [2.75, 3.05) is 4.90 Å². The third kappa shape index (κ3) is 1.87. The highest BCUT2D eigenvalue weighted by atomic mass is 16.6. The number of hydrogen-bond acceptors (Lipinski definition) is 5. The Hall–Kier alpha value is -3.35. The summed E-state index contributed by atoms with van der Waals surface area (Å²) in [6.45, 7) is 0. The molecule has 0 aromatic heterocycles. The molecule has 108 valence electrons. The van der Waals surface area contributed by atoms with E-state index >= 15 is 0 Å². The van der Waals surface area contributed by atoms with Crippen LogP contribution in [-0.2, 0) is 4.79 Å². The third-order valence-electron chi connectivity index (χ3n) is 3.32. The fraction of sp³-hybridized carbons (Fsp3) is 0. The molecule has 1 heterocycles. The van der Waals surface area contributed by atoms with Gasteiger partial charge in [0.15, 0.2) is 0 Å². The fourth-order valence-corrected chi connectivity index (χ4v) is 2.32. The largest absolute Gasteiger partial charge is 0.306 e. The first-order valence-corrected chi connectivity index (χ1v) is 6.28. The minimum Gasteiger partial charge on any atom is -0.283 e. The van der Waals surface area contributed by atoms with Gasteiger partial charge in [0.05, 0.1) is 16.2 Å². The Labute approximate surface area is 123 Å². The van der Waals surface area contributed by atoms with Crippen LogP contribution in [0.3, 0.4) is 0 Å². The van der Waals surface area contributed by atoms with Gasteiger partial charge in [0.2, 0.25) is 0 Å². The van der Waals surface area contributed by atoms with E-state index in [-0.39, 0.29) is 16.8 Å². The van der Waals surface area contributed by atoms with Crippen molar-refractivity contribution >= 4 is 29.0 Å². The third-order valence-corrected chi connectivity index (χ3v) is 3.32. The van der Waals surface area contributed by atoms with Gasteiger partial charge in [-0.3, -0.25) is 24.5 Å². The highest BCUT2D eigenvalue weighted by Gasteiger charge is 2.41. The predicted octanol–water partition coefficient (Wildman–Crippen LogP) is 1.96. The summed E-state index contributed by atoms with van der Waals surface area (Å²) in [5.74, 6) is -2.71. The number of Topliss-reactive ketones (excluding diaryl/α,β-unsaturated/α-hetero) is 1. The number of rotatable bonds is 2. The van der Waals surface area contributed by atoms with Crippen molar-refractivity contribution in [3.8, 4) is 0 Å². The summed E-state index contributed by atoms with van der Waals surface area (Å²) in [5.41, 5.74) is -0.414. The van der Waals surface area contributed by atoms with Gasteiger partial charge >= 0.3 is 5.91 Å². The Morgan fingerprint density at radius 3 is 2.36 bits per heavy atom. The zero-order valence-electron chi connectivity index (χ0n) is 11.1. The zero-order valence-corrected chi connectivity index (χ0v) is 11.1. The minimum atomic E-state index is -1.01. The fourth-order valence-electron chi connectivity index (χ4n) is 2.32. The number of carbonyl (C=O) groups excluding carboxylic acids is 3. The van der Waals surface area contributed by atoms with Gasteiger partial charge in [0, 0.05) is 6.07 Å². The second-order valence-corrected chi connectivity index (χ2v) is 4.57. The van der Waals surface area contributed by atoms with E-state index in [0.29, 0.717) is 4.90 Å². The molecule has 0 saturated carbocycles. The molecule has 0 radical (unpaired) electrons. The van der Waals surface area contributed by atoms with E-state index in [4.69, 9.17) is 0 Å². The van der Waals surface area contributed by atoms with Crippen LogP contribution in [-0.4, -0.2) is 22.5 Å². The molecule has 2 aromatic rings. The zero-order chi connectivity index (χ0) is 15.9. The van der Waals surface area contributed by atoms with Crippen LogP contribution >= 0.6 is 0 Å². The minimum absolute atomic E-state index is 0.111. The molecule has 0 atom stereocenters. The second-order valence-electron chi connectivity index (χ2n) is 4.57. The number of nitro benzene ring substituents is 1. The normalized spacial score (nSPS) is 13.2. The predicted molar refractivity (Wildman–Crippen MR) is 75.7 cm³/mol. The molecule has 0 aliphatic carbocycles. The summed E-state index contributed by atoms with van der Waals surface area (Å²) in [7, 11) is 0. The first kappa shape index (κ1) is 13.6. The highest BCUT2D eigenvalue weighted by molar-refractivity contribution is 6.57. The van der Waals surface area contributed by atoms with E-state index in [0.717, 1.165) is 0 Å². The molecule has 22 heavy (non-hydrogen) atoms. The highest BCUT2D eigenvalue weighted by Crippen LogP contribution is 2.31. The Morgan fingerprint density at radius 2 is 1.64 bits per heavy atom. The quantitative estimate of drug-likeness (QED) is 0.365. The number of imide groups is 1. The van der Waals surface area contributed by atoms with Crippen LogP contribution in [0.1, 0.15) is 20.7 Å². The molecule has 0 saturated heterocycles. The Morgan fingerprint density at radius 1 is 1.00 bits per heavy atom. The van der Waals surface area contributed by atoms with Crippen molar-refractivity contribution in [3.05, 3.63) is 69.8 Å². The maximum atomic E-state index is 12.5. The molecule has 2 amide bonds. The first-order valence-electron chi connectivity index (χ1n) is 6.28. The number of fused-ring (bicyclic) bond motifs is 1. The van der Waals surface area contributed by atoms with E-state index < -0.39 is 28.2 Å². The maximum absolute atomic E-state index is 12.5. The Balaban J connectivity index is 2.13. The number of para-hydroxylation sites is 2. The van der Waals surface area contributed by atoms with Crippen LogP contribution in [0.25, 0.3) is 0 Å². The molecule has 0 spiro atoms. The number of anilines is 1. The number of ketones is 1. The van der Waals surface area contributed by atoms with Crippen molar-refractivity contribution in [3.63, 3.8) is 0 Å². The van der Waals surface area contributed by atoms with Crippen molar-refractivity contribution in [2.24, 2.45) is 0 Å². The summed E-state index contributed by atoms with van der Waals surface area (Å²) < 4.78 is 0. The van der Waals surface area contributed by atoms with Gasteiger partial charge in [-0.1, -0.05) is 24.3 Å². The first-order chi connectivity index (χ1) is 10.5. The Kier molecular flexibility index (Phi) is 3.03. The van der Waals surface area contributed by atoms with Gasteiger partial charge in [-0.05, 0) is 18.2 Å². The van der Waals surface area contributed by atoms with E-state index in [1.165, 1.54) is 36.4 Å². The molecule has 1 aliphatic rings. The second kappa shape index (κ2) is 4.88. The van der Waals surface area contributed by atoms with Gasteiger partial charge in [-0.25, -0.2) is 4.90 Å².